The molecule has 2 aromatic rings. The maximum absolute atomic E-state index is 12.8. The highest BCUT2D eigenvalue weighted by molar-refractivity contribution is 7.99. The van der Waals surface area contributed by atoms with Gasteiger partial charge in [-0.2, -0.15) is 13.2 Å². The lowest BCUT2D eigenvalue weighted by atomic mass is 10.1. The third-order valence-electron chi connectivity index (χ3n) is 3.02. The number of anilines is 2. The van der Waals surface area contributed by atoms with Gasteiger partial charge in [-0.15, -0.1) is 0 Å². The van der Waals surface area contributed by atoms with E-state index in [1.54, 1.807) is 12.1 Å². The van der Waals surface area contributed by atoms with E-state index in [2.05, 4.69) is 5.32 Å². The van der Waals surface area contributed by atoms with Gasteiger partial charge in [-0.25, -0.2) is 0 Å². The van der Waals surface area contributed by atoms with Gasteiger partial charge in [-0.05, 0) is 41.9 Å². The van der Waals surface area contributed by atoms with Crippen LogP contribution >= 0.6 is 23.4 Å². The van der Waals surface area contributed by atoms with Crippen molar-refractivity contribution in [3.8, 4) is 0 Å². The molecule has 0 fully saturated rings. The van der Waals surface area contributed by atoms with Crippen molar-refractivity contribution in [1.29, 1.82) is 0 Å². The first-order valence-corrected chi connectivity index (χ1v) is 7.04. The summed E-state index contributed by atoms with van der Waals surface area (Å²) in [5.41, 5.74) is 0.249. The minimum Gasteiger partial charge on any atom is -0.353 e. The van der Waals surface area contributed by atoms with Crippen molar-refractivity contribution in [3.05, 3.63) is 47.5 Å². The fourth-order valence-electron chi connectivity index (χ4n) is 2.06. The van der Waals surface area contributed by atoms with E-state index in [4.69, 9.17) is 11.6 Å². The second-order valence-corrected chi connectivity index (χ2v) is 5.82. The van der Waals surface area contributed by atoms with Gasteiger partial charge in [0.2, 0.25) is 0 Å². The van der Waals surface area contributed by atoms with Gasteiger partial charge in [0, 0.05) is 9.79 Å². The molecule has 0 aromatic heterocycles. The molecule has 0 aliphatic carbocycles. The third kappa shape index (κ3) is 2.61. The summed E-state index contributed by atoms with van der Waals surface area (Å²) >= 11 is 6.80. The van der Waals surface area contributed by atoms with E-state index >= 15 is 0 Å². The van der Waals surface area contributed by atoms with Gasteiger partial charge in [0.1, 0.15) is 0 Å². The number of carbonyl (C=O) groups excluding carboxylic acids is 1. The fourth-order valence-corrected chi connectivity index (χ4v) is 3.22. The van der Waals surface area contributed by atoms with Gasteiger partial charge in [0.25, 0.3) is 5.24 Å². The van der Waals surface area contributed by atoms with E-state index < -0.39 is 17.0 Å². The van der Waals surface area contributed by atoms with Crippen LogP contribution in [-0.4, -0.2) is 5.24 Å². The van der Waals surface area contributed by atoms with Gasteiger partial charge in [0.05, 0.1) is 22.5 Å². The summed E-state index contributed by atoms with van der Waals surface area (Å²) in [6.45, 7) is 0. The van der Waals surface area contributed by atoms with E-state index in [1.165, 1.54) is 23.9 Å². The molecule has 1 N–H and O–H groups in total. The van der Waals surface area contributed by atoms with Crippen molar-refractivity contribution in [2.75, 3.05) is 5.32 Å². The van der Waals surface area contributed by atoms with Crippen LogP contribution in [0.25, 0.3) is 0 Å². The highest BCUT2D eigenvalue weighted by atomic mass is 35.5. The normalized spacial score (nSPS) is 13.1. The van der Waals surface area contributed by atoms with Crippen molar-refractivity contribution in [2.24, 2.45) is 0 Å². The van der Waals surface area contributed by atoms with E-state index in [9.17, 15) is 18.0 Å². The molecule has 3 rings (SSSR count). The van der Waals surface area contributed by atoms with Crippen LogP contribution in [0.5, 0.6) is 0 Å². The van der Waals surface area contributed by atoms with Crippen LogP contribution in [0.15, 0.2) is 46.2 Å². The molecule has 21 heavy (non-hydrogen) atoms. The summed E-state index contributed by atoms with van der Waals surface area (Å²) < 4.78 is 38.3. The number of benzene rings is 2. The molecule has 0 saturated carbocycles. The van der Waals surface area contributed by atoms with E-state index in [0.29, 0.717) is 16.3 Å². The standard InChI is InChI=1S/C14H7ClF3NOS/c15-13(20)8-2-1-3-11-12(8)19-9-6-7(14(16,17)18)4-5-10(9)21-11/h1-6,19H. The Kier molecular flexibility index (Phi) is 3.37. The third-order valence-corrected chi connectivity index (χ3v) is 4.36. The highest BCUT2D eigenvalue weighted by Gasteiger charge is 2.32. The molecule has 1 aliphatic heterocycles. The molecular formula is C14H7ClF3NOS. The predicted octanol–water partition coefficient (Wildman–Crippen LogP) is 5.29. The maximum atomic E-state index is 12.8. The zero-order valence-corrected chi connectivity index (χ0v) is 11.9. The van der Waals surface area contributed by atoms with Crippen LogP contribution in [0.2, 0.25) is 0 Å². The molecule has 2 aromatic carbocycles. The van der Waals surface area contributed by atoms with Gasteiger partial charge in [0.15, 0.2) is 0 Å². The smallest absolute Gasteiger partial charge is 0.353 e. The Morgan fingerprint density at radius 3 is 2.57 bits per heavy atom. The maximum Gasteiger partial charge on any atom is 0.416 e. The number of halogens is 4. The summed E-state index contributed by atoms with van der Waals surface area (Å²) in [6, 6.07) is 8.46. The van der Waals surface area contributed by atoms with Crippen molar-refractivity contribution in [1.82, 2.24) is 0 Å². The molecule has 0 spiro atoms. The molecule has 0 atom stereocenters. The first-order valence-electron chi connectivity index (χ1n) is 5.85. The molecule has 1 heterocycles. The molecule has 7 heteroatoms. The molecule has 1 aliphatic rings. The molecule has 0 amide bonds. The molecule has 0 unspecified atom stereocenters. The lowest BCUT2D eigenvalue weighted by Crippen LogP contribution is -2.09. The molecule has 0 bridgehead atoms. The zero-order chi connectivity index (χ0) is 15.2. The lowest BCUT2D eigenvalue weighted by Gasteiger charge is -2.23. The summed E-state index contributed by atoms with van der Waals surface area (Å²) in [5, 5.41) is 2.22. The molecule has 108 valence electrons. The van der Waals surface area contributed by atoms with Gasteiger partial charge in [-0.1, -0.05) is 17.8 Å². The van der Waals surface area contributed by atoms with Gasteiger partial charge in [-0.3, -0.25) is 4.79 Å². The van der Waals surface area contributed by atoms with E-state index in [0.717, 1.165) is 17.0 Å². The van der Waals surface area contributed by atoms with Crippen molar-refractivity contribution in [2.45, 2.75) is 16.0 Å². The number of rotatable bonds is 1. The number of fused-ring (bicyclic) bond motifs is 2. The SMILES string of the molecule is O=C(Cl)c1cccc2c1Nc1cc(C(F)(F)F)ccc1S2. The minimum atomic E-state index is -4.41. The summed E-state index contributed by atoms with van der Waals surface area (Å²) in [6.07, 6.45) is -4.41. The first-order chi connectivity index (χ1) is 9.86. The first kappa shape index (κ1) is 14.3. The van der Waals surface area contributed by atoms with Crippen molar-refractivity contribution < 1.29 is 18.0 Å². The molecule has 0 saturated heterocycles. The van der Waals surface area contributed by atoms with Crippen LogP contribution in [-0.2, 0) is 6.18 Å². The Labute approximate surface area is 127 Å². The second-order valence-electron chi connectivity index (χ2n) is 4.39. The number of para-hydroxylation sites is 1. The zero-order valence-electron chi connectivity index (χ0n) is 10.3. The number of hydrogen-bond acceptors (Lipinski definition) is 3. The topological polar surface area (TPSA) is 29.1 Å². The minimum absolute atomic E-state index is 0.240. The van der Waals surface area contributed by atoms with Gasteiger partial charge < -0.3 is 5.32 Å². The Hall–Kier alpha value is -1.66. The highest BCUT2D eigenvalue weighted by Crippen LogP contribution is 2.47. The Bertz CT molecular complexity index is 745. The fraction of sp³-hybridized carbons (Fsp3) is 0.0714. The number of alkyl halides is 3. The quantitative estimate of drug-likeness (QED) is 0.615. The van der Waals surface area contributed by atoms with Crippen LogP contribution in [0.3, 0.4) is 0 Å². The van der Waals surface area contributed by atoms with E-state index in [1.807, 2.05) is 0 Å². The van der Waals surface area contributed by atoms with Crippen molar-refractivity contribution in [3.63, 3.8) is 0 Å². The monoisotopic (exact) mass is 329 g/mol. The summed E-state index contributed by atoms with van der Waals surface area (Å²) in [4.78, 5) is 12.8. The van der Waals surface area contributed by atoms with Crippen LogP contribution < -0.4 is 5.32 Å². The average molecular weight is 330 g/mol. The van der Waals surface area contributed by atoms with Crippen LogP contribution in [0.4, 0.5) is 24.5 Å². The molecule has 2 nitrogen and oxygen atoms in total. The summed E-state index contributed by atoms with van der Waals surface area (Å²) in [5.74, 6) is 0. The lowest BCUT2D eigenvalue weighted by molar-refractivity contribution is -0.137. The predicted molar refractivity (Wildman–Crippen MR) is 75.5 cm³/mol. The number of hydrogen-bond donors (Lipinski definition) is 1. The Morgan fingerprint density at radius 2 is 1.90 bits per heavy atom. The molecular weight excluding hydrogens is 323 g/mol. The van der Waals surface area contributed by atoms with Crippen LogP contribution in [0.1, 0.15) is 15.9 Å². The Balaban J connectivity index is 2.08. The average Bonchev–Trinajstić information content (AvgIpc) is 2.42. The summed E-state index contributed by atoms with van der Waals surface area (Å²) in [7, 11) is 0. The number of nitrogens with one attached hydrogen (secondary N) is 1. The number of carbonyl (C=O) groups is 1. The van der Waals surface area contributed by atoms with Gasteiger partial charge >= 0.3 is 6.18 Å². The second kappa shape index (κ2) is 4.96. The van der Waals surface area contributed by atoms with Crippen molar-refractivity contribution >= 4 is 40.0 Å². The molecule has 0 radical (unpaired) electrons. The largest absolute Gasteiger partial charge is 0.416 e. The van der Waals surface area contributed by atoms with Crippen LogP contribution in [0, 0.1) is 0 Å². The Morgan fingerprint density at radius 1 is 1.14 bits per heavy atom. The van der Waals surface area contributed by atoms with E-state index in [-0.39, 0.29) is 5.56 Å².